The molecule has 0 aliphatic heterocycles. The molecule has 0 atom stereocenters. The number of amides is 1. The third-order valence-electron chi connectivity index (χ3n) is 4.10. The van der Waals surface area contributed by atoms with Crippen LogP contribution in [0, 0.1) is 17.2 Å². The number of anilines is 2. The van der Waals surface area contributed by atoms with Crippen LogP contribution in [0.5, 0.6) is 0 Å². The van der Waals surface area contributed by atoms with Gasteiger partial charge >= 0.3 is 0 Å². The highest BCUT2D eigenvalue weighted by molar-refractivity contribution is 5.95. The van der Waals surface area contributed by atoms with Crippen LogP contribution in [0.1, 0.15) is 46.0 Å². The summed E-state index contributed by atoms with van der Waals surface area (Å²) in [5, 5.41) is 2.86. The van der Waals surface area contributed by atoms with Gasteiger partial charge in [0.15, 0.2) is 0 Å². The molecule has 1 amide bonds. The Hall–Kier alpha value is -1.58. The molecule has 0 heterocycles. The standard InChI is InChI=1S/C16H23FN2O/c1-11(2)10-16(7-3-4-8-16)15(20)19-12-5-6-14(18)13(17)9-12/h5-6,9,11H,3-4,7-8,10,18H2,1-2H3,(H,19,20). The maximum atomic E-state index is 13.4. The smallest absolute Gasteiger partial charge is 0.230 e. The molecule has 0 spiro atoms. The average Bonchev–Trinajstić information content (AvgIpc) is 2.83. The van der Waals surface area contributed by atoms with Crippen molar-refractivity contribution in [3.63, 3.8) is 0 Å². The van der Waals surface area contributed by atoms with E-state index in [-0.39, 0.29) is 17.0 Å². The lowest BCUT2D eigenvalue weighted by Gasteiger charge is -2.29. The number of nitrogen functional groups attached to an aromatic ring is 1. The summed E-state index contributed by atoms with van der Waals surface area (Å²) in [6.45, 7) is 4.27. The summed E-state index contributed by atoms with van der Waals surface area (Å²) in [4.78, 5) is 12.6. The third-order valence-corrected chi connectivity index (χ3v) is 4.10. The Kier molecular flexibility index (Phi) is 4.31. The molecule has 0 bridgehead atoms. The van der Waals surface area contributed by atoms with Gasteiger partial charge in [-0.3, -0.25) is 4.79 Å². The monoisotopic (exact) mass is 278 g/mol. The van der Waals surface area contributed by atoms with E-state index in [0.717, 1.165) is 32.1 Å². The van der Waals surface area contributed by atoms with Crippen LogP contribution in [-0.4, -0.2) is 5.91 Å². The van der Waals surface area contributed by atoms with E-state index in [9.17, 15) is 9.18 Å². The van der Waals surface area contributed by atoms with E-state index in [4.69, 9.17) is 5.73 Å². The predicted molar refractivity (Wildman–Crippen MR) is 79.8 cm³/mol. The van der Waals surface area contributed by atoms with Crippen molar-refractivity contribution in [2.45, 2.75) is 46.0 Å². The molecule has 110 valence electrons. The van der Waals surface area contributed by atoms with E-state index in [1.54, 1.807) is 6.07 Å². The molecule has 4 heteroatoms. The van der Waals surface area contributed by atoms with Crippen LogP contribution >= 0.6 is 0 Å². The number of hydrogen-bond acceptors (Lipinski definition) is 2. The molecule has 0 saturated heterocycles. The van der Waals surface area contributed by atoms with Gasteiger partial charge in [-0.15, -0.1) is 0 Å². The molecule has 3 nitrogen and oxygen atoms in total. The van der Waals surface area contributed by atoms with Gasteiger partial charge in [0.1, 0.15) is 5.82 Å². The van der Waals surface area contributed by atoms with Crippen molar-refractivity contribution in [2.24, 2.45) is 11.3 Å². The minimum atomic E-state index is -0.493. The second-order valence-electron chi connectivity index (χ2n) is 6.28. The molecule has 1 saturated carbocycles. The SMILES string of the molecule is CC(C)CC1(C(=O)Nc2ccc(N)c(F)c2)CCCC1. The van der Waals surface area contributed by atoms with Gasteiger partial charge in [-0.25, -0.2) is 4.39 Å². The summed E-state index contributed by atoms with van der Waals surface area (Å²) in [5.41, 5.74) is 5.74. The van der Waals surface area contributed by atoms with Crippen LogP contribution in [0.4, 0.5) is 15.8 Å². The summed E-state index contributed by atoms with van der Waals surface area (Å²) >= 11 is 0. The van der Waals surface area contributed by atoms with Crippen molar-refractivity contribution in [2.75, 3.05) is 11.1 Å². The number of carbonyl (C=O) groups excluding carboxylic acids is 1. The first-order valence-corrected chi connectivity index (χ1v) is 7.29. The fraction of sp³-hybridized carbons (Fsp3) is 0.562. The summed E-state index contributed by atoms with van der Waals surface area (Å²) < 4.78 is 13.4. The molecular formula is C16H23FN2O. The fourth-order valence-electron chi connectivity index (χ4n) is 3.23. The van der Waals surface area contributed by atoms with E-state index in [1.165, 1.54) is 12.1 Å². The summed E-state index contributed by atoms with van der Waals surface area (Å²) in [6.07, 6.45) is 4.92. The largest absolute Gasteiger partial charge is 0.396 e. The van der Waals surface area contributed by atoms with Crippen LogP contribution in [0.25, 0.3) is 0 Å². The van der Waals surface area contributed by atoms with Crippen molar-refractivity contribution >= 4 is 17.3 Å². The lowest BCUT2D eigenvalue weighted by atomic mass is 9.77. The minimum Gasteiger partial charge on any atom is -0.396 e. The molecule has 0 aromatic heterocycles. The molecule has 1 aliphatic rings. The van der Waals surface area contributed by atoms with E-state index < -0.39 is 5.82 Å². The Labute approximate surface area is 119 Å². The Morgan fingerprint density at radius 1 is 1.40 bits per heavy atom. The molecule has 1 aromatic rings. The molecule has 20 heavy (non-hydrogen) atoms. The zero-order valence-corrected chi connectivity index (χ0v) is 12.2. The average molecular weight is 278 g/mol. The molecular weight excluding hydrogens is 255 g/mol. The van der Waals surface area contributed by atoms with Crippen LogP contribution in [0.3, 0.4) is 0 Å². The zero-order valence-electron chi connectivity index (χ0n) is 12.2. The van der Waals surface area contributed by atoms with Crippen molar-refractivity contribution < 1.29 is 9.18 Å². The Morgan fingerprint density at radius 2 is 2.05 bits per heavy atom. The normalized spacial score (nSPS) is 17.4. The number of hydrogen-bond donors (Lipinski definition) is 2. The van der Waals surface area contributed by atoms with Crippen molar-refractivity contribution in [3.05, 3.63) is 24.0 Å². The topological polar surface area (TPSA) is 55.1 Å². The van der Waals surface area contributed by atoms with E-state index >= 15 is 0 Å². The summed E-state index contributed by atoms with van der Waals surface area (Å²) in [6, 6.07) is 4.41. The Morgan fingerprint density at radius 3 is 2.60 bits per heavy atom. The first-order chi connectivity index (χ1) is 9.43. The maximum absolute atomic E-state index is 13.4. The van der Waals surface area contributed by atoms with E-state index in [0.29, 0.717) is 11.6 Å². The maximum Gasteiger partial charge on any atom is 0.230 e. The van der Waals surface area contributed by atoms with E-state index in [1.807, 2.05) is 0 Å². The number of nitrogens with two attached hydrogens (primary N) is 1. The quantitative estimate of drug-likeness (QED) is 0.819. The van der Waals surface area contributed by atoms with Crippen LogP contribution in [0.2, 0.25) is 0 Å². The number of halogens is 1. The lowest BCUT2D eigenvalue weighted by molar-refractivity contribution is -0.126. The van der Waals surface area contributed by atoms with Gasteiger partial charge in [-0.1, -0.05) is 26.7 Å². The van der Waals surface area contributed by atoms with Gasteiger partial charge in [0.25, 0.3) is 0 Å². The van der Waals surface area contributed by atoms with E-state index in [2.05, 4.69) is 19.2 Å². The summed E-state index contributed by atoms with van der Waals surface area (Å²) in [7, 11) is 0. The highest BCUT2D eigenvalue weighted by Gasteiger charge is 2.41. The third kappa shape index (κ3) is 3.11. The first-order valence-electron chi connectivity index (χ1n) is 7.29. The lowest BCUT2D eigenvalue weighted by Crippen LogP contribution is -2.35. The van der Waals surface area contributed by atoms with Gasteiger partial charge in [-0.2, -0.15) is 0 Å². The summed E-state index contributed by atoms with van der Waals surface area (Å²) in [5.74, 6) is 0.00186. The molecule has 1 aromatic carbocycles. The highest BCUT2D eigenvalue weighted by Crippen LogP contribution is 2.44. The molecule has 2 rings (SSSR count). The second kappa shape index (κ2) is 5.81. The van der Waals surface area contributed by atoms with Crippen LogP contribution < -0.4 is 11.1 Å². The fourth-order valence-corrected chi connectivity index (χ4v) is 3.23. The number of benzene rings is 1. The molecule has 0 unspecified atom stereocenters. The number of nitrogens with one attached hydrogen (secondary N) is 1. The van der Waals surface area contributed by atoms with Crippen molar-refractivity contribution in [1.29, 1.82) is 0 Å². The Balaban J connectivity index is 2.14. The van der Waals surface area contributed by atoms with Gasteiger partial charge in [0.05, 0.1) is 5.69 Å². The van der Waals surface area contributed by atoms with Crippen LogP contribution in [0.15, 0.2) is 18.2 Å². The number of carbonyl (C=O) groups is 1. The molecule has 3 N–H and O–H groups in total. The Bertz CT molecular complexity index is 493. The van der Waals surface area contributed by atoms with Gasteiger partial charge in [0, 0.05) is 11.1 Å². The number of rotatable bonds is 4. The second-order valence-corrected chi connectivity index (χ2v) is 6.28. The van der Waals surface area contributed by atoms with Gasteiger partial charge in [-0.05, 0) is 43.4 Å². The molecule has 1 aliphatic carbocycles. The van der Waals surface area contributed by atoms with Crippen molar-refractivity contribution in [3.8, 4) is 0 Å². The highest BCUT2D eigenvalue weighted by atomic mass is 19.1. The molecule has 1 fully saturated rings. The van der Waals surface area contributed by atoms with Crippen LogP contribution in [-0.2, 0) is 4.79 Å². The zero-order chi connectivity index (χ0) is 14.8. The van der Waals surface area contributed by atoms with Gasteiger partial charge < -0.3 is 11.1 Å². The van der Waals surface area contributed by atoms with Crippen molar-refractivity contribution in [1.82, 2.24) is 0 Å². The molecule has 0 radical (unpaired) electrons. The van der Waals surface area contributed by atoms with Gasteiger partial charge in [0.2, 0.25) is 5.91 Å². The predicted octanol–water partition coefficient (Wildman–Crippen LogP) is 3.95. The first kappa shape index (κ1) is 14.8. The minimum absolute atomic E-state index is 0.0212.